The van der Waals surface area contributed by atoms with Crippen molar-refractivity contribution < 1.29 is 9.53 Å². The molecule has 0 saturated heterocycles. The van der Waals surface area contributed by atoms with E-state index >= 15 is 0 Å². The summed E-state index contributed by atoms with van der Waals surface area (Å²) in [5, 5.41) is 0.571. The van der Waals surface area contributed by atoms with Gasteiger partial charge in [0.2, 0.25) is 0 Å². The lowest BCUT2D eigenvalue weighted by Crippen LogP contribution is -2.05. The van der Waals surface area contributed by atoms with Gasteiger partial charge in [-0.2, -0.15) is 0 Å². The van der Waals surface area contributed by atoms with E-state index in [1.807, 2.05) is 11.5 Å². The molecule has 0 radical (unpaired) electrons. The molecule has 0 aliphatic rings. The van der Waals surface area contributed by atoms with Crippen LogP contribution in [-0.2, 0) is 11.3 Å². The molecule has 2 heterocycles. The summed E-state index contributed by atoms with van der Waals surface area (Å²) in [5.41, 5.74) is 1.91. The second-order valence-corrected chi connectivity index (χ2v) is 3.68. The molecular weight excluding hydrogens is 228 g/mol. The maximum Gasteiger partial charge on any atom is 0.340 e. The van der Waals surface area contributed by atoms with Gasteiger partial charge in [-0.1, -0.05) is 11.6 Å². The van der Waals surface area contributed by atoms with Crippen molar-refractivity contribution in [1.82, 2.24) is 9.55 Å². The summed E-state index contributed by atoms with van der Waals surface area (Å²) in [6.45, 7) is 2.64. The van der Waals surface area contributed by atoms with Gasteiger partial charge in [0.15, 0.2) is 0 Å². The second-order valence-electron chi connectivity index (χ2n) is 3.30. The summed E-state index contributed by atoms with van der Waals surface area (Å²) in [7, 11) is 1.36. The zero-order valence-corrected chi connectivity index (χ0v) is 9.78. The van der Waals surface area contributed by atoms with E-state index in [0.29, 0.717) is 22.8 Å². The number of pyridine rings is 1. The van der Waals surface area contributed by atoms with Gasteiger partial charge in [-0.05, 0) is 13.0 Å². The Balaban J connectivity index is 2.79. The van der Waals surface area contributed by atoms with E-state index < -0.39 is 0 Å². The minimum Gasteiger partial charge on any atom is -0.465 e. The molecule has 84 valence electrons. The number of carbonyl (C=O) groups excluding carboxylic acids is 1. The van der Waals surface area contributed by atoms with Gasteiger partial charge in [-0.3, -0.25) is 4.98 Å². The Labute approximate surface area is 97.8 Å². The predicted molar refractivity (Wildman–Crippen MR) is 61.8 cm³/mol. The number of rotatable bonds is 2. The van der Waals surface area contributed by atoms with Crippen LogP contribution in [0, 0.1) is 0 Å². The first-order valence-electron chi connectivity index (χ1n) is 4.91. The normalized spacial score (nSPS) is 10.7. The number of aromatic nitrogens is 2. The Morgan fingerprint density at radius 2 is 2.38 bits per heavy atom. The van der Waals surface area contributed by atoms with E-state index in [9.17, 15) is 4.79 Å². The minimum absolute atomic E-state index is 0.378. The van der Waals surface area contributed by atoms with Crippen LogP contribution in [0.4, 0.5) is 0 Å². The van der Waals surface area contributed by atoms with Crippen LogP contribution in [0.2, 0.25) is 5.15 Å². The van der Waals surface area contributed by atoms with Gasteiger partial charge in [0, 0.05) is 18.8 Å². The molecule has 0 aliphatic carbocycles. The number of esters is 1. The molecule has 0 unspecified atom stereocenters. The largest absolute Gasteiger partial charge is 0.465 e. The number of nitrogens with zero attached hydrogens (tertiary/aromatic N) is 2. The lowest BCUT2D eigenvalue weighted by Gasteiger charge is -2.06. The quantitative estimate of drug-likeness (QED) is 0.755. The molecule has 0 aromatic carbocycles. The molecule has 0 spiro atoms. The van der Waals surface area contributed by atoms with Gasteiger partial charge < -0.3 is 9.30 Å². The van der Waals surface area contributed by atoms with E-state index in [2.05, 4.69) is 4.98 Å². The first-order valence-corrected chi connectivity index (χ1v) is 5.29. The van der Waals surface area contributed by atoms with Crippen LogP contribution in [0.3, 0.4) is 0 Å². The Hall–Kier alpha value is -1.55. The average molecular weight is 239 g/mol. The van der Waals surface area contributed by atoms with Gasteiger partial charge >= 0.3 is 5.97 Å². The Bertz CT molecular complexity index is 548. The third-order valence-electron chi connectivity index (χ3n) is 2.46. The third kappa shape index (κ3) is 1.55. The number of fused-ring (bicyclic) bond motifs is 1. The molecule has 4 nitrogen and oxygen atoms in total. The van der Waals surface area contributed by atoms with Crippen molar-refractivity contribution in [2.75, 3.05) is 7.11 Å². The van der Waals surface area contributed by atoms with Crippen molar-refractivity contribution in [1.29, 1.82) is 0 Å². The summed E-state index contributed by atoms with van der Waals surface area (Å²) >= 11 is 6.06. The van der Waals surface area contributed by atoms with Gasteiger partial charge in [0.1, 0.15) is 5.15 Å². The van der Waals surface area contributed by atoms with Gasteiger partial charge in [0.05, 0.1) is 23.7 Å². The fourth-order valence-electron chi connectivity index (χ4n) is 1.74. The number of hydrogen-bond acceptors (Lipinski definition) is 3. The first kappa shape index (κ1) is 11.0. The zero-order valence-electron chi connectivity index (χ0n) is 9.03. The topological polar surface area (TPSA) is 44.1 Å². The van der Waals surface area contributed by atoms with E-state index in [-0.39, 0.29) is 5.97 Å². The summed E-state index contributed by atoms with van der Waals surface area (Å²) in [5.74, 6) is -0.378. The van der Waals surface area contributed by atoms with E-state index in [1.165, 1.54) is 7.11 Å². The van der Waals surface area contributed by atoms with Gasteiger partial charge in [0.25, 0.3) is 0 Å². The molecule has 5 heteroatoms. The summed E-state index contributed by atoms with van der Waals surface area (Å²) in [4.78, 5) is 15.8. The van der Waals surface area contributed by atoms with Crippen LogP contribution in [0.5, 0.6) is 0 Å². The Morgan fingerprint density at radius 3 is 3.00 bits per heavy atom. The lowest BCUT2D eigenvalue weighted by molar-refractivity contribution is 0.0602. The zero-order chi connectivity index (χ0) is 11.7. The molecule has 0 amide bonds. The fraction of sp³-hybridized carbons (Fsp3) is 0.273. The highest BCUT2D eigenvalue weighted by molar-refractivity contribution is 6.31. The summed E-state index contributed by atoms with van der Waals surface area (Å²) in [6.07, 6.45) is 1.57. The molecule has 16 heavy (non-hydrogen) atoms. The maximum atomic E-state index is 11.6. The average Bonchev–Trinajstić information content (AvgIpc) is 2.63. The van der Waals surface area contributed by atoms with Crippen LogP contribution in [0.15, 0.2) is 18.3 Å². The molecule has 0 N–H and O–H groups in total. The molecule has 0 atom stereocenters. The van der Waals surface area contributed by atoms with Crippen LogP contribution in [0.25, 0.3) is 11.0 Å². The van der Waals surface area contributed by atoms with Crippen LogP contribution < -0.4 is 0 Å². The Kier molecular flexibility index (Phi) is 2.83. The minimum atomic E-state index is -0.378. The molecular formula is C11H11ClN2O2. The molecule has 0 saturated carbocycles. The van der Waals surface area contributed by atoms with Crippen molar-refractivity contribution in [3.8, 4) is 0 Å². The number of halogens is 1. The van der Waals surface area contributed by atoms with Gasteiger partial charge in [-0.15, -0.1) is 0 Å². The number of carbonyl (C=O) groups is 1. The van der Waals surface area contributed by atoms with Crippen molar-refractivity contribution in [2.45, 2.75) is 13.5 Å². The van der Waals surface area contributed by atoms with Crippen molar-refractivity contribution in [2.24, 2.45) is 0 Å². The molecule has 0 aliphatic heterocycles. The highest BCUT2D eigenvalue weighted by Gasteiger charge is 2.16. The van der Waals surface area contributed by atoms with Crippen molar-refractivity contribution in [3.63, 3.8) is 0 Å². The first-order chi connectivity index (χ1) is 7.69. The lowest BCUT2D eigenvalue weighted by atomic mass is 10.2. The second kappa shape index (κ2) is 4.14. The van der Waals surface area contributed by atoms with Crippen molar-refractivity contribution >= 4 is 28.6 Å². The fourth-order valence-corrected chi connectivity index (χ4v) is 2.05. The molecule has 2 aromatic heterocycles. The molecule has 2 aromatic rings. The highest BCUT2D eigenvalue weighted by atomic mass is 35.5. The summed E-state index contributed by atoms with van der Waals surface area (Å²) in [6, 6.07) is 3.38. The molecule has 0 bridgehead atoms. The van der Waals surface area contributed by atoms with Crippen molar-refractivity contribution in [3.05, 3.63) is 29.0 Å². The molecule has 2 rings (SSSR count). The smallest absolute Gasteiger partial charge is 0.340 e. The highest BCUT2D eigenvalue weighted by Crippen LogP contribution is 2.25. The Morgan fingerprint density at radius 1 is 1.62 bits per heavy atom. The van der Waals surface area contributed by atoms with Crippen LogP contribution in [-0.4, -0.2) is 22.6 Å². The summed E-state index contributed by atoms with van der Waals surface area (Å²) < 4.78 is 6.56. The number of methoxy groups -OCH3 is 1. The number of hydrogen-bond donors (Lipinski definition) is 0. The third-order valence-corrected chi connectivity index (χ3v) is 2.77. The predicted octanol–water partition coefficient (Wildman–Crippen LogP) is 2.50. The number of ether oxygens (including phenoxy) is 1. The monoisotopic (exact) mass is 238 g/mol. The van der Waals surface area contributed by atoms with Crippen LogP contribution >= 0.6 is 11.6 Å². The molecule has 0 fully saturated rings. The van der Waals surface area contributed by atoms with Gasteiger partial charge in [-0.25, -0.2) is 4.79 Å². The number of aryl methyl sites for hydroxylation is 1. The van der Waals surface area contributed by atoms with E-state index in [1.54, 1.807) is 18.3 Å². The van der Waals surface area contributed by atoms with E-state index in [4.69, 9.17) is 16.3 Å². The van der Waals surface area contributed by atoms with Crippen LogP contribution in [0.1, 0.15) is 17.3 Å². The SMILES string of the molecule is CCn1c(Cl)cc2nccc(C(=O)OC)c21. The maximum absolute atomic E-state index is 11.6. The van der Waals surface area contributed by atoms with E-state index in [0.717, 1.165) is 5.52 Å². The standard InChI is InChI=1S/C11H11ClN2O2/c1-3-14-9(12)6-8-10(14)7(4-5-13-8)11(15)16-2/h4-6H,3H2,1-2H3.